The van der Waals surface area contributed by atoms with Crippen molar-refractivity contribution in [2.75, 3.05) is 81.9 Å². The van der Waals surface area contributed by atoms with Gasteiger partial charge in [0, 0.05) is 51.7 Å². The summed E-state index contributed by atoms with van der Waals surface area (Å²) in [6, 6.07) is 8.63. The van der Waals surface area contributed by atoms with Gasteiger partial charge in [-0.3, -0.25) is 0 Å². The third-order valence-electron chi connectivity index (χ3n) is 9.28. The fourth-order valence-electron chi connectivity index (χ4n) is 6.90. The number of nitrogens with zero attached hydrogens (tertiary/aromatic N) is 2. The molecular formula is C35H48N2O6. The highest BCUT2D eigenvalue weighted by atomic mass is 16.6. The second kappa shape index (κ2) is 14.6. The number of fused-ring (bicyclic) bond motifs is 2. The molecule has 43 heavy (non-hydrogen) atoms. The quantitative estimate of drug-likeness (QED) is 0.331. The molecule has 0 radical (unpaired) electrons. The highest BCUT2D eigenvalue weighted by molar-refractivity contribution is 5.93. The van der Waals surface area contributed by atoms with Crippen LogP contribution in [0.15, 0.2) is 59.4 Å². The van der Waals surface area contributed by atoms with E-state index in [1.165, 1.54) is 23.1 Å². The van der Waals surface area contributed by atoms with E-state index in [4.69, 9.17) is 28.4 Å². The van der Waals surface area contributed by atoms with Crippen LogP contribution in [0.1, 0.15) is 24.8 Å². The highest BCUT2D eigenvalue weighted by Gasteiger charge is 2.39. The Morgan fingerprint density at radius 1 is 0.744 bits per heavy atom. The van der Waals surface area contributed by atoms with Crippen molar-refractivity contribution in [1.29, 1.82) is 0 Å². The minimum Gasteiger partial charge on any atom is -0.498 e. The lowest BCUT2D eigenvalue weighted by Gasteiger charge is -2.38. The average molecular weight is 593 g/mol. The zero-order valence-corrected chi connectivity index (χ0v) is 26.7. The zero-order chi connectivity index (χ0) is 30.3. The van der Waals surface area contributed by atoms with Crippen molar-refractivity contribution in [2.45, 2.75) is 37.9 Å². The molecule has 0 spiro atoms. The van der Waals surface area contributed by atoms with E-state index < -0.39 is 0 Å². The van der Waals surface area contributed by atoms with Gasteiger partial charge in [0.15, 0.2) is 11.5 Å². The Kier molecular flexibility index (Phi) is 10.7. The lowest BCUT2D eigenvalue weighted by atomic mass is 9.77. The van der Waals surface area contributed by atoms with Crippen molar-refractivity contribution in [3.63, 3.8) is 0 Å². The lowest BCUT2D eigenvalue weighted by molar-refractivity contribution is -0.0638. The van der Waals surface area contributed by atoms with Crippen LogP contribution in [-0.4, -0.2) is 104 Å². The number of rotatable bonds is 12. The average Bonchev–Trinajstić information content (AvgIpc) is 3.29. The summed E-state index contributed by atoms with van der Waals surface area (Å²) >= 11 is 0. The van der Waals surface area contributed by atoms with Crippen molar-refractivity contribution in [3.05, 3.63) is 65.0 Å². The van der Waals surface area contributed by atoms with Gasteiger partial charge in [-0.1, -0.05) is 35.9 Å². The van der Waals surface area contributed by atoms with Gasteiger partial charge in [-0.05, 0) is 67.4 Å². The predicted molar refractivity (Wildman–Crippen MR) is 170 cm³/mol. The van der Waals surface area contributed by atoms with Gasteiger partial charge in [-0.2, -0.15) is 0 Å². The van der Waals surface area contributed by atoms with Crippen LogP contribution in [0.25, 0.3) is 10.8 Å². The minimum atomic E-state index is -0.162. The molecule has 0 saturated carbocycles. The van der Waals surface area contributed by atoms with Crippen LogP contribution in [0.2, 0.25) is 0 Å². The first-order valence-corrected chi connectivity index (χ1v) is 15.4. The normalized spacial score (nSPS) is 23.1. The smallest absolute Gasteiger partial charge is 0.203 e. The van der Waals surface area contributed by atoms with Crippen LogP contribution in [-0.2, 0) is 20.6 Å². The Hall–Kier alpha value is -3.04. The molecule has 0 N–H and O–H groups in total. The first-order valence-electron chi connectivity index (χ1n) is 15.4. The van der Waals surface area contributed by atoms with Gasteiger partial charge in [0.1, 0.15) is 11.9 Å². The van der Waals surface area contributed by atoms with Crippen LogP contribution in [0.4, 0.5) is 0 Å². The third-order valence-corrected chi connectivity index (χ3v) is 9.28. The molecule has 0 amide bonds. The van der Waals surface area contributed by atoms with Gasteiger partial charge < -0.3 is 38.2 Å². The molecule has 1 fully saturated rings. The lowest BCUT2D eigenvalue weighted by Crippen LogP contribution is -2.42. The van der Waals surface area contributed by atoms with Crippen molar-refractivity contribution in [3.8, 4) is 17.2 Å². The Morgan fingerprint density at radius 3 is 2.14 bits per heavy atom. The molecule has 8 nitrogen and oxygen atoms in total. The van der Waals surface area contributed by atoms with Crippen LogP contribution in [0, 0.1) is 5.92 Å². The molecule has 1 aliphatic heterocycles. The SMILES string of the molecule is COC1=CC2=CC(CCN3CCCN(CCc4ccc5c(OC)c(OC)c(OC)cc5c4)CC3)=CC[C@@H]2C(OC)C1OC. The van der Waals surface area contributed by atoms with E-state index in [1.54, 1.807) is 42.7 Å². The van der Waals surface area contributed by atoms with Crippen LogP contribution in [0.3, 0.4) is 0 Å². The summed E-state index contributed by atoms with van der Waals surface area (Å²) in [7, 11) is 10.2. The Morgan fingerprint density at radius 2 is 1.49 bits per heavy atom. The molecule has 2 aliphatic carbocycles. The minimum absolute atomic E-state index is 0.0330. The Bertz CT molecular complexity index is 1350. The fourth-order valence-corrected chi connectivity index (χ4v) is 6.90. The maximum absolute atomic E-state index is 5.86. The highest BCUT2D eigenvalue weighted by Crippen LogP contribution is 2.43. The van der Waals surface area contributed by atoms with Gasteiger partial charge in [0.2, 0.25) is 5.75 Å². The Labute approximate surface area is 256 Å². The summed E-state index contributed by atoms with van der Waals surface area (Å²) in [5, 5.41) is 2.13. The summed E-state index contributed by atoms with van der Waals surface area (Å²) in [5.74, 6) is 3.18. The number of ether oxygens (including phenoxy) is 6. The summed E-state index contributed by atoms with van der Waals surface area (Å²) in [4.78, 5) is 5.24. The number of hydrogen-bond acceptors (Lipinski definition) is 8. The van der Waals surface area contributed by atoms with E-state index in [2.05, 4.69) is 46.2 Å². The third kappa shape index (κ3) is 6.88. The summed E-state index contributed by atoms with van der Waals surface area (Å²) in [6.45, 7) is 6.63. The van der Waals surface area contributed by atoms with Gasteiger partial charge in [0.05, 0.1) is 34.5 Å². The molecule has 3 aliphatic rings. The maximum atomic E-state index is 5.86. The van der Waals surface area contributed by atoms with Gasteiger partial charge >= 0.3 is 0 Å². The van der Waals surface area contributed by atoms with E-state index >= 15 is 0 Å². The maximum Gasteiger partial charge on any atom is 0.203 e. The van der Waals surface area contributed by atoms with E-state index in [1.807, 2.05) is 6.07 Å². The van der Waals surface area contributed by atoms with Crippen molar-refractivity contribution in [2.24, 2.45) is 5.92 Å². The van der Waals surface area contributed by atoms with Crippen LogP contribution in [0.5, 0.6) is 17.2 Å². The molecule has 1 saturated heterocycles. The number of hydrogen-bond donors (Lipinski definition) is 0. The largest absolute Gasteiger partial charge is 0.498 e. The van der Waals surface area contributed by atoms with Gasteiger partial charge in [-0.15, -0.1) is 0 Å². The first kappa shape index (κ1) is 31.4. The molecule has 0 bridgehead atoms. The zero-order valence-electron chi connectivity index (χ0n) is 26.7. The summed E-state index contributed by atoms with van der Waals surface area (Å²) in [5.41, 5.74) is 4.02. The van der Waals surface area contributed by atoms with Crippen molar-refractivity contribution >= 4 is 10.8 Å². The molecule has 8 heteroatoms. The molecule has 1 heterocycles. The van der Waals surface area contributed by atoms with E-state index in [-0.39, 0.29) is 12.2 Å². The second-order valence-electron chi connectivity index (χ2n) is 11.6. The molecule has 0 aromatic heterocycles. The number of benzene rings is 2. The fraction of sp³-hybridized carbons (Fsp3) is 0.543. The summed E-state index contributed by atoms with van der Waals surface area (Å²) in [6.07, 6.45) is 11.0. The number of methoxy groups -OCH3 is 6. The predicted octanol–water partition coefficient (Wildman–Crippen LogP) is 5.25. The van der Waals surface area contributed by atoms with Crippen molar-refractivity contribution in [1.82, 2.24) is 9.80 Å². The summed E-state index contributed by atoms with van der Waals surface area (Å²) < 4.78 is 34.0. The first-order chi connectivity index (χ1) is 21.0. The van der Waals surface area contributed by atoms with Gasteiger partial charge in [0.25, 0.3) is 0 Å². The van der Waals surface area contributed by atoms with E-state index in [9.17, 15) is 0 Å². The standard InChI is InChI=1S/C35H48N2O6/c1-38-30-22-26-20-24(8-10-28(26)32(40-3)34(30)42-5)12-16-36-14-7-15-37(19-18-36)17-13-25-9-11-29-27(21-25)23-31(39-2)35(43-6)33(29)41-4/h8-10,20-23,29,33,35H,7,11-19H2,1-6H3/t29-,33?,35?/m0/s1. The molecule has 234 valence electrons. The monoisotopic (exact) mass is 592 g/mol. The molecule has 2 aromatic rings. The topological polar surface area (TPSA) is 61.9 Å². The van der Waals surface area contributed by atoms with Crippen LogP contribution >= 0.6 is 0 Å². The molecule has 3 atom stereocenters. The molecular weight excluding hydrogens is 544 g/mol. The van der Waals surface area contributed by atoms with Gasteiger partial charge in [-0.25, -0.2) is 0 Å². The second-order valence-corrected chi connectivity index (χ2v) is 11.6. The molecule has 2 aromatic carbocycles. The Balaban J connectivity index is 1.14. The van der Waals surface area contributed by atoms with E-state index in [0.29, 0.717) is 23.2 Å². The van der Waals surface area contributed by atoms with Crippen molar-refractivity contribution < 1.29 is 28.4 Å². The molecule has 2 unspecified atom stereocenters. The molecule has 5 rings (SSSR count). The van der Waals surface area contributed by atoms with E-state index in [0.717, 1.165) is 75.1 Å². The number of allylic oxidation sites excluding steroid dienone is 3. The van der Waals surface area contributed by atoms with Crippen LogP contribution < -0.4 is 14.2 Å².